The standard InChI is InChI=1S/C24H34N2O3.CH2O2/c1-3-6-21-18-14-19(22-7-5-8-23(27)26(21)22)16-25(15-18)24(28)13-17-9-11-20(12-10-17)29-4-2;2-1-3/h9-12,18-19,21-22H,3-8,13-16H2,1-2H3;1H,(H,2,3)/t18-,19+,21-,22-;/m0./s1. The third kappa shape index (κ3) is 5.43. The van der Waals surface area contributed by atoms with E-state index in [0.29, 0.717) is 49.3 Å². The van der Waals surface area contributed by atoms with Crippen molar-refractivity contribution in [3.63, 3.8) is 0 Å². The summed E-state index contributed by atoms with van der Waals surface area (Å²) >= 11 is 0. The summed E-state index contributed by atoms with van der Waals surface area (Å²) < 4.78 is 5.50. The molecule has 0 unspecified atom stereocenters. The minimum Gasteiger partial charge on any atom is -0.494 e. The quantitative estimate of drug-likeness (QED) is 0.680. The van der Waals surface area contributed by atoms with Gasteiger partial charge in [-0.1, -0.05) is 25.5 Å². The molecule has 3 heterocycles. The lowest BCUT2D eigenvalue weighted by molar-refractivity contribution is -0.156. The normalized spacial score (nSPS) is 26.5. The van der Waals surface area contributed by atoms with Crippen molar-refractivity contribution < 1.29 is 24.2 Å². The van der Waals surface area contributed by atoms with Gasteiger partial charge in [0.2, 0.25) is 11.8 Å². The van der Waals surface area contributed by atoms with E-state index in [2.05, 4.69) is 16.7 Å². The Morgan fingerprint density at radius 3 is 2.53 bits per heavy atom. The fraction of sp³-hybridized carbons (Fsp3) is 0.640. The maximum absolute atomic E-state index is 13.1. The maximum Gasteiger partial charge on any atom is 0.290 e. The number of benzene rings is 1. The predicted octanol–water partition coefficient (Wildman–Crippen LogP) is 3.36. The SMILES string of the molecule is CCC[C@H]1[C@H]2C[C@H](CN(C(=O)Cc3ccc(OCC)cc3)C2)[C@@H]2CCCC(=O)N21.O=CO. The van der Waals surface area contributed by atoms with E-state index in [-0.39, 0.29) is 12.4 Å². The first kappa shape index (κ1) is 24.1. The first-order valence-electron chi connectivity index (χ1n) is 11.9. The van der Waals surface area contributed by atoms with Crippen LogP contribution in [0.5, 0.6) is 5.75 Å². The van der Waals surface area contributed by atoms with E-state index in [1.165, 1.54) is 6.42 Å². The van der Waals surface area contributed by atoms with Crippen molar-refractivity contribution in [2.24, 2.45) is 11.8 Å². The number of fused-ring (bicyclic) bond motifs is 4. The largest absolute Gasteiger partial charge is 0.494 e. The fourth-order valence-corrected chi connectivity index (χ4v) is 5.80. The van der Waals surface area contributed by atoms with Gasteiger partial charge in [-0.05, 0) is 62.1 Å². The maximum atomic E-state index is 13.1. The van der Waals surface area contributed by atoms with Gasteiger partial charge in [-0.25, -0.2) is 0 Å². The summed E-state index contributed by atoms with van der Waals surface area (Å²) in [6, 6.07) is 8.53. The van der Waals surface area contributed by atoms with Gasteiger partial charge in [-0.15, -0.1) is 0 Å². The molecule has 2 bridgehead atoms. The lowest BCUT2D eigenvalue weighted by atomic mass is 9.71. The number of carbonyl (C=O) groups is 3. The zero-order chi connectivity index (χ0) is 23.1. The summed E-state index contributed by atoms with van der Waals surface area (Å²) in [6.45, 7) is 6.17. The summed E-state index contributed by atoms with van der Waals surface area (Å²) in [4.78, 5) is 38.5. The van der Waals surface area contributed by atoms with Gasteiger partial charge >= 0.3 is 0 Å². The molecule has 0 aromatic heterocycles. The van der Waals surface area contributed by atoms with Crippen LogP contribution in [0.3, 0.4) is 0 Å². The van der Waals surface area contributed by atoms with Gasteiger partial charge in [-0.3, -0.25) is 14.4 Å². The summed E-state index contributed by atoms with van der Waals surface area (Å²) in [5.41, 5.74) is 1.04. The Hall–Kier alpha value is -2.57. The Labute approximate surface area is 190 Å². The number of carboxylic acid groups (broad SMARTS) is 1. The predicted molar refractivity (Wildman–Crippen MR) is 121 cm³/mol. The van der Waals surface area contributed by atoms with Gasteiger partial charge in [0.15, 0.2) is 0 Å². The summed E-state index contributed by atoms with van der Waals surface area (Å²) in [7, 11) is 0. The second-order valence-electron chi connectivity index (χ2n) is 9.03. The highest BCUT2D eigenvalue weighted by molar-refractivity contribution is 5.80. The molecule has 2 amide bonds. The number of piperidine rings is 3. The summed E-state index contributed by atoms with van der Waals surface area (Å²) in [6.07, 6.45) is 6.56. The Kier molecular flexibility index (Phi) is 8.53. The topological polar surface area (TPSA) is 87.2 Å². The molecule has 3 fully saturated rings. The van der Waals surface area contributed by atoms with Crippen LogP contribution in [0.15, 0.2) is 24.3 Å². The summed E-state index contributed by atoms with van der Waals surface area (Å²) in [5, 5.41) is 6.89. The van der Waals surface area contributed by atoms with Crippen molar-refractivity contribution in [3.05, 3.63) is 29.8 Å². The molecule has 0 saturated carbocycles. The van der Waals surface area contributed by atoms with Crippen molar-refractivity contribution in [2.45, 2.75) is 70.9 Å². The minimum absolute atomic E-state index is 0.217. The van der Waals surface area contributed by atoms with Crippen molar-refractivity contribution in [2.75, 3.05) is 19.7 Å². The number of amides is 2. The van der Waals surface area contributed by atoms with E-state index in [4.69, 9.17) is 14.6 Å². The Bertz CT molecular complexity index is 781. The van der Waals surface area contributed by atoms with Crippen molar-refractivity contribution in [3.8, 4) is 5.75 Å². The Balaban J connectivity index is 0.000000913. The molecule has 4 atom stereocenters. The molecule has 0 aliphatic carbocycles. The Morgan fingerprint density at radius 1 is 1.19 bits per heavy atom. The molecule has 1 aromatic carbocycles. The molecular weight excluding hydrogens is 408 g/mol. The highest BCUT2D eigenvalue weighted by atomic mass is 16.5. The lowest BCUT2D eigenvalue weighted by Crippen LogP contribution is -2.65. The highest BCUT2D eigenvalue weighted by Gasteiger charge is 2.49. The number of hydrogen-bond donors (Lipinski definition) is 1. The molecule has 3 saturated heterocycles. The number of nitrogens with zero attached hydrogens (tertiary/aromatic N) is 2. The van der Waals surface area contributed by atoms with Gasteiger partial charge in [0, 0.05) is 31.6 Å². The molecule has 7 nitrogen and oxygen atoms in total. The molecule has 7 heteroatoms. The van der Waals surface area contributed by atoms with Gasteiger partial charge in [0.05, 0.1) is 13.0 Å². The zero-order valence-electron chi connectivity index (χ0n) is 19.2. The molecule has 3 aliphatic rings. The molecular formula is C25H36N2O5. The first-order chi connectivity index (χ1) is 15.5. The van der Waals surface area contributed by atoms with E-state index in [1.54, 1.807) is 0 Å². The molecule has 32 heavy (non-hydrogen) atoms. The van der Waals surface area contributed by atoms with Crippen molar-refractivity contribution >= 4 is 18.3 Å². The lowest BCUT2D eigenvalue weighted by Gasteiger charge is -2.56. The monoisotopic (exact) mass is 444 g/mol. The van der Waals surface area contributed by atoms with Gasteiger partial charge in [0.1, 0.15) is 5.75 Å². The van der Waals surface area contributed by atoms with Gasteiger partial charge in [0.25, 0.3) is 6.47 Å². The first-order valence-corrected chi connectivity index (χ1v) is 11.9. The van der Waals surface area contributed by atoms with Crippen LogP contribution in [0, 0.1) is 11.8 Å². The van der Waals surface area contributed by atoms with E-state index in [9.17, 15) is 9.59 Å². The molecule has 0 radical (unpaired) electrons. The van der Waals surface area contributed by atoms with Crippen LogP contribution in [0.2, 0.25) is 0 Å². The molecule has 0 spiro atoms. The molecule has 176 valence electrons. The molecule has 1 N–H and O–H groups in total. The Morgan fingerprint density at radius 2 is 1.88 bits per heavy atom. The van der Waals surface area contributed by atoms with Crippen LogP contribution in [0.1, 0.15) is 57.9 Å². The molecule has 1 aromatic rings. The zero-order valence-corrected chi connectivity index (χ0v) is 19.2. The second kappa shape index (κ2) is 11.3. The summed E-state index contributed by atoms with van der Waals surface area (Å²) in [5.74, 6) is 2.28. The molecule has 3 aliphatic heterocycles. The van der Waals surface area contributed by atoms with Crippen LogP contribution >= 0.6 is 0 Å². The van der Waals surface area contributed by atoms with E-state index >= 15 is 0 Å². The highest BCUT2D eigenvalue weighted by Crippen LogP contribution is 2.43. The average molecular weight is 445 g/mol. The fourth-order valence-electron chi connectivity index (χ4n) is 5.80. The van der Waals surface area contributed by atoms with Gasteiger partial charge < -0.3 is 19.6 Å². The van der Waals surface area contributed by atoms with Crippen molar-refractivity contribution in [1.29, 1.82) is 0 Å². The van der Waals surface area contributed by atoms with E-state index < -0.39 is 0 Å². The second-order valence-corrected chi connectivity index (χ2v) is 9.03. The third-order valence-electron chi connectivity index (χ3n) is 7.02. The molecule has 4 rings (SSSR count). The van der Waals surface area contributed by atoms with E-state index in [1.807, 2.05) is 31.2 Å². The van der Waals surface area contributed by atoms with Crippen LogP contribution in [-0.2, 0) is 20.8 Å². The van der Waals surface area contributed by atoms with Gasteiger partial charge in [-0.2, -0.15) is 0 Å². The number of hydrogen-bond acceptors (Lipinski definition) is 4. The van der Waals surface area contributed by atoms with Crippen molar-refractivity contribution in [1.82, 2.24) is 9.80 Å². The number of rotatable bonds is 6. The van der Waals surface area contributed by atoms with Crippen LogP contribution in [0.25, 0.3) is 0 Å². The van der Waals surface area contributed by atoms with Crippen LogP contribution in [0.4, 0.5) is 0 Å². The third-order valence-corrected chi connectivity index (χ3v) is 7.02. The van der Waals surface area contributed by atoms with Crippen LogP contribution < -0.4 is 4.74 Å². The van der Waals surface area contributed by atoms with E-state index in [0.717, 1.165) is 50.1 Å². The average Bonchev–Trinajstić information content (AvgIpc) is 2.79. The number of carbonyl (C=O) groups excluding carboxylic acids is 2. The smallest absolute Gasteiger partial charge is 0.290 e. The number of likely N-dealkylation sites (tertiary alicyclic amines) is 1. The number of ether oxygens (including phenoxy) is 1. The minimum atomic E-state index is -0.250. The van der Waals surface area contributed by atoms with Crippen LogP contribution in [-0.4, -0.2) is 65.0 Å².